The number of rotatable bonds is 1. The number of carbonyl (C=O) groups is 1. The fourth-order valence-corrected chi connectivity index (χ4v) is 4.43. The standard InChI is InChI=1S/C13H20N2O/c1-8-14-13(4-5-13)12(16)15(8)11-7-9-2-3-10(11)6-9/h8-11,14H,2-7H2,1H3. The first-order valence-electron chi connectivity index (χ1n) is 6.80. The minimum absolute atomic E-state index is 0.110. The van der Waals surface area contributed by atoms with Crippen LogP contribution in [0, 0.1) is 11.8 Å². The van der Waals surface area contributed by atoms with Gasteiger partial charge in [0.15, 0.2) is 0 Å². The van der Waals surface area contributed by atoms with E-state index in [0.717, 1.165) is 24.7 Å². The number of fused-ring (bicyclic) bond motifs is 2. The highest BCUT2D eigenvalue weighted by Gasteiger charge is 2.60. The molecule has 1 N–H and O–H groups in total. The molecule has 0 radical (unpaired) electrons. The molecule has 4 fully saturated rings. The van der Waals surface area contributed by atoms with Gasteiger partial charge in [0.1, 0.15) is 0 Å². The van der Waals surface area contributed by atoms with E-state index in [-0.39, 0.29) is 11.7 Å². The van der Waals surface area contributed by atoms with Crippen LogP contribution in [0.15, 0.2) is 0 Å². The summed E-state index contributed by atoms with van der Waals surface area (Å²) in [5.41, 5.74) is -0.110. The highest BCUT2D eigenvalue weighted by molar-refractivity contribution is 5.92. The van der Waals surface area contributed by atoms with E-state index in [1.54, 1.807) is 0 Å². The molecule has 0 aromatic heterocycles. The molecule has 3 aliphatic carbocycles. The number of amides is 1. The molecule has 3 heteroatoms. The third-order valence-electron chi connectivity index (χ3n) is 5.35. The summed E-state index contributed by atoms with van der Waals surface area (Å²) in [7, 11) is 0. The van der Waals surface area contributed by atoms with Gasteiger partial charge in [0.25, 0.3) is 0 Å². The lowest BCUT2D eigenvalue weighted by molar-refractivity contribution is -0.133. The van der Waals surface area contributed by atoms with Gasteiger partial charge >= 0.3 is 0 Å². The average Bonchev–Trinajstić information content (AvgIpc) is 2.66. The van der Waals surface area contributed by atoms with Gasteiger partial charge < -0.3 is 4.90 Å². The topological polar surface area (TPSA) is 32.3 Å². The van der Waals surface area contributed by atoms with E-state index in [2.05, 4.69) is 17.1 Å². The van der Waals surface area contributed by atoms with Crippen LogP contribution >= 0.6 is 0 Å². The minimum Gasteiger partial charge on any atom is -0.323 e. The van der Waals surface area contributed by atoms with Crippen LogP contribution in [-0.4, -0.2) is 28.6 Å². The Kier molecular flexibility index (Phi) is 1.66. The number of nitrogens with one attached hydrogen (secondary N) is 1. The highest BCUT2D eigenvalue weighted by atomic mass is 16.2. The highest BCUT2D eigenvalue weighted by Crippen LogP contribution is 2.50. The Morgan fingerprint density at radius 3 is 2.62 bits per heavy atom. The Morgan fingerprint density at radius 2 is 2.12 bits per heavy atom. The first-order valence-corrected chi connectivity index (χ1v) is 6.80. The van der Waals surface area contributed by atoms with Crippen LogP contribution in [0.1, 0.15) is 45.4 Å². The van der Waals surface area contributed by atoms with E-state index < -0.39 is 0 Å². The van der Waals surface area contributed by atoms with E-state index in [1.807, 2.05) is 0 Å². The average molecular weight is 220 g/mol. The number of carbonyl (C=O) groups excluding carboxylic acids is 1. The molecule has 1 heterocycles. The Balaban J connectivity index is 1.61. The van der Waals surface area contributed by atoms with Crippen molar-refractivity contribution in [3.05, 3.63) is 0 Å². The van der Waals surface area contributed by atoms with Crippen molar-refractivity contribution in [1.29, 1.82) is 0 Å². The van der Waals surface area contributed by atoms with Crippen molar-refractivity contribution in [2.45, 2.75) is 63.2 Å². The van der Waals surface area contributed by atoms with Crippen LogP contribution in [0.5, 0.6) is 0 Å². The normalized spacial score (nSPS) is 48.3. The van der Waals surface area contributed by atoms with Crippen molar-refractivity contribution >= 4 is 5.91 Å². The van der Waals surface area contributed by atoms with Crippen LogP contribution in [-0.2, 0) is 4.79 Å². The molecule has 3 saturated carbocycles. The molecule has 1 aliphatic heterocycles. The number of nitrogens with zero attached hydrogens (tertiary/aromatic N) is 1. The lowest BCUT2D eigenvalue weighted by Crippen LogP contribution is -2.45. The summed E-state index contributed by atoms with van der Waals surface area (Å²) in [4.78, 5) is 14.6. The van der Waals surface area contributed by atoms with Gasteiger partial charge in [-0.25, -0.2) is 0 Å². The fraction of sp³-hybridized carbons (Fsp3) is 0.923. The number of hydrogen-bond acceptors (Lipinski definition) is 2. The van der Waals surface area contributed by atoms with E-state index in [9.17, 15) is 4.79 Å². The molecule has 0 aromatic carbocycles. The zero-order chi connectivity index (χ0) is 10.9. The maximum absolute atomic E-state index is 12.4. The molecule has 3 nitrogen and oxygen atoms in total. The fourth-order valence-electron chi connectivity index (χ4n) is 4.43. The molecule has 2 bridgehead atoms. The molecular weight excluding hydrogens is 200 g/mol. The third kappa shape index (κ3) is 1.05. The summed E-state index contributed by atoms with van der Waals surface area (Å²) in [6.07, 6.45) is 7.84. The monoisotopic (exact) mass is 220 g/mol. The first kappa shape index (κ1) is 9.46. The molecule has 1 amide bonds. The van der Waals surface area contributed by atoms with Gasteiger partial charge in [-0.05, 0) is 50.9 Å². The van der Waals surface area contributed by atoms with Crippen molar-refractivity contribution in [3.63, 3.8) is 0 Å². The van der Waals surface area contributed by atoms with Crippen molar-refractivity contribution in [1.82, 2.24) is 10.2 Å². The predicted octanol–water partition coefficient (Wildman–Crippen LogP) is 1.49. The molecule has 4 aliphatic rings. The van der Waals surface area contributed by atoms with Crippen molar-refractivity contribution in [2.75, 3.05) is 0 Å². The van der Waals surface area contributed by atoms with Gasteiger partial charge in [-0.2, -0.15) is 0 Å². The third-order valence-corrected chi connectivity index (χ3v) is 5.35. The molecular formula is C13H20N2O. The molecule has 16 heavy (non-hydrogen) atoms. The van der Waals surface area contributed by atoms with E-state index >= 15 is 0 Å². The molecule has 1 saturated heterocycles. The lowest BCUT2D eigenvalue weighted by atomic mass is 9.93. The molecule has 4 atom stereocenters. The molecule has 4 rings (SSSR count). The largest absolute Gasteiger partial charge is 0.323 e. The van der Waals surface area contributed by atoms with E-state index in [4.69, 9.17) is 0 Å². The summed E-state index contributed by atoms with van der Waals surface area (Å²) in [6.45, 7) is 2.16. The lowest BCUT2D eigenvalue weighted by Gasteiger charge is -2.34. The Hall–Kier alpha value is -0.570. The summed E-state index contributed by atoms with van der Waals surface area (Å²) < 4.78 is 0. The van der Waals surface area contributed by atoms with Gasteiger partial charge in [0.2, 0.25) is 5.91 Å². The Bertz CT molecular complexity index is 350. The summed E-state index contributed by atoms with van der Waals surface area (Å²) in [5.74, 6) is 2.15. The molecule has 4 unspecified atom stereocenters. The van der Waals surface area contributed by atoms with Crippen molar-refractivity contribution in [3.8, 4) is 0 Å². The maximum atomic E-state index is 12.4. The quantitative estimate of drug-likeness (QED) is 0.726. The molecule has 88 valence electrons. The van der Waals surface area contributed by atoms with Gasteiger partial charge in [0.05, 0.1) is 11.7 Å². The zero-order valence-electron chi connectivity index (χ0n) is 9.91. The second kappa shape index (κ2) is 2.81. The summed E-state index contributed by atoms with van der Waals surface area (Å²) >= 11 is 0. The Morgan fingerprint density at radius 1 is 1.31 bits per heavy atom. The number of hydrogen-bond donors (Lipinski definition) is 1. The van der Waals surface area contributed by atoms with Crippen molar-refractivity contribution < 1.29 is 4.79 Å². The predicted molar refractivity (Wildman–Crippen MR) is 60.6 cm³/mol. The zero-order valence-corrected chi connectivity index (χ0v) is 9.91. The second-order valence-electron chi connectivity index (χ2n) is 6.36. The first-order chi connectivity index (χ1) is 7.70. The van der Waals surface area contributed by atoms with Crippen LogP contribution in [0.4, 0.5) is 0 Å². The van der Waals surface area contributed by atoms with Crippen LogP contribution in [0.3, 0.4) is 0 Å². The summed E-state index contributed by atoms with van der Waals surface area (Å²) in [6, 6.07) is 0.564. The van der Waals surface area contributed by atoms with E-state index in [0.29, 0.717) is 11.9 Å². The molecule has 0 aromatic rings. The van der Waals surface area contributed by atoms with Crippen LogP contribution in [0.25, 0.3) is 0 Å². The smallest absolute Gasteiger partial charge is 0.244 e. The van der Waals surface area contributed by atoms with Gasteiger partial charge in [-0.1, -0.05) is 6.42 Å². The van der Waals surface area contributed by atoms with Gasteiger partial charge in [-0.3, -0.25) is 10.1 Å². The SMILES string of the molecule is CC1NC2(CC2)C(=O)N1C1CC2CCC1C2. The van der Waals surface area contributed by atoms with Gasteiger partial charge in [0, 0.05) is 6.04 Å². The van der Waals surface area contributed by atoms with Crippen molar-refractivity contribution in [2.24, 2.45) is 11.8 Å². The Labute approximate surface area is 96.6 Å². The molecule has 1 spiro atoms. The maximum Gasteiger partial charge on any atom is 0.244 e. The van der Waals surface area contributed by atoms with Crippen LogP contribution < -0.4 is 5.32 Å². The summed E-state index contributed by atoms with van der Waals surface area (Å²) in [5, 5.41) is 3.52. The van der Waals surface area contributed by atoms with E-state index in [1.165, 1.54) is 25.7 Å². The van der Waals surface area contributed by atoms with Crippen LogP contribution in [0.2, 0.25) is 0 Å². The van der Waals surface area contributed by atoms with Gasteiger partial charge in [-0.15, -0.1) is 0 Å². The second-order valence-corrected chi connectivity index (χ2v) is 6.36. The minimum atomic E-state index is -0.110.